The summed E-state index contributed by atoms with van der Waals surface area (Å²) in [4.78, 5) is 10.8. The predicted octanol–water partition coefficient (Wildman–Crippen LogP) is 3.05. The van der Waals surface area contributed by atoms with Crippen LogP contribution in [0.2, 0.25) is 0 Å². The third kappa shape index (κ3) is 2.97. The third-order valence-corrected chi connectivity index (χ3v) is 2.99. The molecule has 0 fully saturated rings. The molecule has 0 spiro atoms. The molecule has 0 bridgehead atoms. The molecular formula is C16H12N2O3. The van der Waals surface area contributed by atoms with E-state index in [9.17, 15) is 4.79 Å². The average Bonchev–Trinajstić information content (AvgIpc) is 2.47. The number of aliphatic carboxylic acids is 1. The molecule has 0 saturated heterocycles. The standard InChI is InChI=1S/C16H12N2O3/c19-16(20)9-11-4-3-5-12(8-11)21-15-10-17-18-14-7-2-1-6-13(14)15/h1-8,10H,9H2,(H,19,20). The number of carboxylic acid groups (broad SMARTS) is 1. The van der Waals surface area contributed by atoms with Gasteiger partial charge in [-0.1, -0.05) is 24.3 Å². The number of aromatic nitrogens is 2. The summed E-state index contributed by atoms with van der Waals surface area (Å²) in [6, 6.07) is 14.6. The van der Waals surface area contributed by atoms with Gasteiger partial charge in [-0.05, 0) is 29.8 Å². The SMILES string of the molecule is O=C(O)Cc1cccc(Oc2cnnc3ccccc23)c1. The minimum Gasteiger partial charge on any atom is -0.481 e. The summed E-state index contributed by atoms with van der Waals surface area (Å²) in [6.45, 7) is 0. The summed E-state index contributed by atoms with van der Waals surface area (Å²) in [5.41, 5.74) is 1.43. The molecule has 1 aromatic heterocycles. The van der Waals surface area contributed by atoms with Crippen LogP contribution in [0.4, 0.5) is 0 Å². The summed E-state index contributed by atoms with van der Waals surface area (Å²) < 4.78 is 5.82. The van der Waals surface area contributed by atoms with Gasteiger partial charge < -0.3 is 9.84 Å². The number of rotatable bonds is 4. The monoisotopic (exact) mass is 280 g/mol. The molecule has 1 N–H and O–H groups in total. The van der Waals surface area contributed by atoms with Gasteiger partial charge in [0, 0.05) is 5.39 Å². The van der Waals surface area contributed by atoms with E-state index in [4.69, 9.17) is 9.84 Å². The average molecular weight is 280 g/mol. The lowest BCUT2D eigenvalue weighted by Crippen LogP contribution is -2.00. The van der Waals surface area contributed by atoms with Crippen molar-refractivity contribution >= 4 is 16.9 Å². The lowest BCUT2D eigenvalue weighted by atomic mass is 10.1. The Kier molecular flexibility index (Phi) is 3.47. The second-order valence-corrected chi connectivity index (χ2v) is 4.55. The molecule has 2 aromatic carbocycles. The van der Waals surface area contributed by atoms with Gasteiger partial charge in [-0.3, -0.25) is 4.79 Å². The van der Waals surface area contributed by atoms with Crippen LogP contribution >= 0.6 is 0 Å². The van der Waals surface area contributed by atoms with Gasteiger partial charge in [0.05, 0.1) is 18.1 Å². The van der Waals surface area contributed by atoms with Gasteiger partial charge in [-0.2, -0.15) is 10.2 Å². The van der Waals surface area contributed by atoms with Crippen molar-refractivity contribution in [1.82, 2.24) is 10.2 Å². The zero-order valence-electron chi connectivity index (χ0n) is 11.1. The highest BCUT2D eigenvalue weighted by molar-refractivity contribution is 5.84. The van der Waals surface area contributed by atoms with Crippen LogP contribution < -0.4 is 4.74 Å². The minimum absolute atomic E-state index is 0.0352. The highest BCUT2D eigenvalue weighted by Gasteiger charge is 2.06. The highest BCUT2D eigenvalue weighted by Crippen LogP contribution is 2.28. The topological polar surface area (TPSA) is 72.3 Å². The first kappa shape index (κ1) is 13.1. The summed E-state index contributed by atoms with van der Waals surface area (Å²) in [6.07, 6.45) is 1.51. The highest BCUT2D eigenvalue weighted by atomic mass is 16.5. The predicted molar refractivity (Wildman–Crippen MR) is 77.4 cm³/mol. The van der Waals surface area contributed by atoms with E-state index in [0.717, 1.165) is 10.9 Å². The molecular weight excluding hydrogens is 268 g/mol. The Morgan fingerprint density at radius 1 is 1.14 bits per heavy atom. The van der Waals surface area contributed by atoms with Gasteiger partial charge in [0.25, 0.3) is 0 Å². The molecule has 0 atom stereocenters. The fourth-order valence-corrected chi connectivity index (χ4v) is 2.08. The first-order valence-electron chi connectivity index (χ1n) is 6.41. The molecule has 0 aliphatic heterocycles. The Hall–Kier alpha value is -2.95. The van der Waals surface area contributed by atoms with Gasteiger partial charge >= 0.3 is 5.97 Å². The Balaban J connectivity index is 1.93. The van der Waals surface area contributed by atoms with Crippen molar-refractivity contribution in [2.45, 2.75) is 6.42 Å². The fourth-order valence-electron chi connectivity index (χ4n) is 2.08. The van der Waals surface area contributed by atoms with Crippen LogP contribution in [-0.2, 0) is 11.2 Å². The normalized spacial score (nSPS) is 10.5. The van der Waals surface area contributed by atoms with Crippen LogP contribution in [0.5, 0.6) is 11.5 Å². The molecule has 0 unspecified atom stereocenters. The molecule has 104 valence electrons. The maximum Gasteiger partial charge on any atom is 0.307 e. The van der Waals surface area contributed by atoms with Gasteiger partial charge in [-0.25, -0.2) is 0 Å². The Morgan fingerprint density at radius 3 is 2.86 bits per heavy atom. The van der Waals surface area contributed by atoms with Crippen molar-refractivity contribution in [1.29, 1.82) is 0 Å². The molecule has 0 amide bonds. The third-order valence-electron chi connectivity index (χ3n) is 2.99. The van der Waals surface area contributed by atoms with Crippen LogP contribution in [0.15, 0.2) is 54.7 Å². The summed E-state index contributed by atoms with van der Waals surface area (Å²) in [5.74, 6) is 0.295. The first-order valence-corrected chi connectivity index (χ1v) is 6.41. The van der Waals surface area contributed by atoms with E-state index >= 15 is 0 Å². The van der Waals surface area contributed by atoms with Crippen LogP contribution in [0.3, 0.4) is 0 Å². The summed E-state index contributed by atoms with van der Waals surface area (Å²) in [7, 11) is 0. The molecule has 0 aliphatic rings. The number of hydrogen-bond donors (Lipinski definition) is 1. The number of benzene rings is 2. The molecule has 0 saturated carbocycles. The number of hydrogen-bond acceptors (Lipinski definition) is 4. The summed E-state index contributed by atoms with van der Waals surface area (Å²) >= 11 is 0. The van der Waals surface area contributed by atoms with Crippen molar-refractivity contribution in [2.75, 3.05) is 0 Å². The molecule has 21 heavy (non-hydrogen) atoms. The smallest absolute Gasteiger partial charge is 0.307 e. The number of ether oxygens (including phenoxy) is 1. The van der Waals surface area contributed by atoms with Crippen LogP contribution in [0.1, 0.15) is 5.56 Å². The molecule has 5 nitrogen and oxygen atoms in total. The van der Waals surface area contributed by atoms with Gasteiger partial charge in [0.1, 0.15) is 5.75 Å². The quantitative estimate of drug-likeness (QED) is 0.795. The van der Waals surface area contributed by atoms with Crippen molar-refractivity contribution in [3.8, 4) is 11.5 Å². The maximum absolute atomic E-state index is 10.8. The molecule has 1 heterocycles. The maximum atomic E-state index is 10.8. The van der Waals surface area contributed by atoms with E-state index in [0.29, 0.717) is 17.1 Å². The van der Waals surface area contributed by atoms with E-state index in [-0.39, 0.29) is 6.42 Å². The largest absolute Gasteiger partial charge is 0.481 e. The first-order chi connectivity index (χ1) is 10.2. The van der Waals surface area contributed by atoms with E-state index in [1.54, 1.807) is 30.5 Å². The lowest BCUT2D eigenvalue weighted by Gasteiger charge is -2.08. The Morgan fingerprint density at radius 2 is 2.00 bits per heavy atom. The van der Waals surface area contributed by atoms with E-state index < -0.39 is 5.97 Å². The Labute approximate surface area is 120 Å². The van der Waals surface area contributed by atoms with Gasteiger partial charge in [0.15, 0.2) is 5.75 Å². The second kappa shape index (κ2) is 5.58. The molecule has 3 rings (SSSR count). The van der Waals surface area contributed by atoms with Crippen molar-refractivity contribution in [2.24, 2.45) is 0 Å². The van der Waals surface area contributed by atoms with Crippen molar-refractivity contribution in [3.05, 3.63) is 60.3 Å². The fraction of sp³-hybridized carbons (Fsp3) is 0.0625. The van der Waals surface area contributed by atoms with Crippen LogP contribution in [0, 0.1) is 0 Å². The van der Waals surface area contributed by atoms with E-state index in [1.165, 1.54) is 0 Å². The number of carbonyl (C=O) groups is 1. The minimum atomic E-state index is -0.872. The Bertz CT molecular complexity index is 797. The zero-order valence-corrected chi connectivity index (χ0v) is 11.1. The lowest BCUT2D eigenvalue weighted by molar-refractivity contribution is -0.136. The summed E-state index contributed by atoms with van der Waals surface area (Å²) in [5, 5.41) is 17.6. The van der Waals surface area contributed by atoms with Crippen LogP contribution in [0.25, 0.3) is 10.9 Å². The number of nitrogens with zero attached hydrogens (tertiary/aromatic N) is 2. The second-order valence-electron chi connectivity index (χ2n) is 4.55. The molecule has 5 heteroatoms. The van der Waals surface area contributed by atoms with Gasteiger partial charge in [-0.15, -0.1) is 0 Å². The number of carboxylic acids is 1. The van der Waals surface area contributed by atoms with Crippen molar-refractivity contribution in [3.63, 3.8) is 0 Å². The van der Waals surface area contributed by atoms with E-state index in [1.807, 2.05) is 24.3 Å². The zero-order chi connectivity index (χ0) is 14.7. The molecule has 0 radical (unpaired) electrons. The van der Waals surface area contributed by atoms with Crippen molar-refractivity contribution < 1.29 is 14.6 Å². The van der Waals surface area contributed by atoms with E-state index in [2.05, 4.69) is 10.2 Å². The van der Waals surface area contributed by atoms with Gasteiger partial charge in [0.2, 0.25) is 0 Å². The molecule has 0 aliphatic carbocycles. The van der Waals surface area contributed by atoms with Crippen LogP contribution in [-0.4, -0.2) is 21.3 Å². The molecule has 3 aromatic rings. The number of fused-ring (bicyclic) bond motifs is 1.